The fourth-order valence-electron chi connectivity index (χ4n) is 4.78. The van der Waals surface area contributed by atoms with Crippen molar-refractivity contribution in [1.82, 2.24) is 20.4 Å². The summed E-state index contributed by atoms with van der Waals surface area (Å²) in [6.07, 6.45) is 2.77. The second-order valence-corrected chi connectivity index (χ2v) is 10.2. The lowest BCUT2D eigenvalue weighted by atomic mass is 10.00. The molecule has 2 N–H and O–H groups in total. The molecule has 1 saturated heterocycles. The van der Waals surface area contributed by atoms with Crippen molar-refractivity contribution in [2.45, 2.75) is 31.1 Å². The topological polar surface area (TPSA) is 103 Å². The third-order valence-electron chi connectivity index (χ3n) is 6.54. The van der Waals surface area contributed by atoms with E-state index >= 15 is 0 Å². The zero-order valence-electron chi connectivity index (χ0n) is 17.4. The Labute approximate surface area is 197 Å². The molecule has 8 nitrogen and oxygen atoms in total. The zero-order valence-corrected chi connectivity index (χ0v) is 19.0. The Balaban J connectivity index is 1.32. The third-order valence-corrected chi connectivity index (χ3v) is 8.08. The lowest BCUT2D eigenvalue weighted by molar-refractivity contribution is -0.182. The van der Waals surface area contributed by atoms with Crippen molar-refractivity contribution in [1.29, 1.82) is 0 Å². The summed E-state index contributed by atoms with van der Waals surface area (Å²) in [7, 11) is 0. The Bertz CT molecular complexity index is 1410. The molecule has 0 bridgehead atoms. The molecule has 1 aromatic carbocycles. The monoisotopic (exact) mass is 482 g/mol. The summed E-state index contributed by atoms with van der Waals surface area (Å²) in [5, 5.41) is 19.0. The summed E-state index contributed by atoms with van der Waals surface area (Å²) in [6, 6.07) is 5.73. The number of hydrogen-bond donors (Lipinski definition) is 2. The van der Waals surface area contributed by atoms with Gasteiger partial charge in [-0.15, -0.1) is 11.3 Å². The molecule has 0 saturated carbocycles. The highest BCUT2D eigenvalue weighted by Gasteiger charge is 2.40. The van der Waals surface area contributed by atoms with Crippen molar-refractivity contribution < 1.29 is 19.1 Å². The summed E-state index contributed by atoms with van der Waals surface area (Å²) in [4.78, 5) is 9.84. The van der Waals surface area contributed by atoms with Crippen LogP contribution in [-0.2, 0) is 29.7 Å². The van der Waals surface area contributed by atoms with Crippen LogP contribution in [0.2, 0.25) is 5.02 Å². The van der Waals surface area contributed by atoms with E-state index in [4.69, 9.17) is 25.6 Å². The molecule has 3 aliphatic heterocycles. The minimum atomic E-state index is -0.958. The first-order valence-electron chi connectivity index (χ1n) is 10.8. The number of halogens is 1. The Kier molecular flexibility index (Phi) is 4.35. The molecule has 1 atom stereocenters. The van der Waals surface area contributed by atoms with Gasteiger partial charge < -0.3 is 24.4 Å². The molecule has 6 heterocycles. The summed E-state index contributed by atoms with van der Waals surface area (Å²) < 4.78 is 18.3. The minimum Gasteiger partial charge on any atom is -0.481 e. The van der Waals surface area contributed by atoms with E-state index in [1.54, 1.807) is 0 Å². The van der Waals surface area contributed by atoms with Gasteiger partial charge in [0, 0.05) is 52.5 Å². The summed E-state index contributed by atoms with van der Waals surface area (Å²) in [6.45, 7) is 2.21. The Hall–Kier alpha value is -2.56. The molecule has 0 unspecified atom stereocenters. The van der Waals surface area contributed by atoms with E-state index in [9.17, 15) is 5.11 Å². The predicted octanol–water partition coefficient (Wildman–Crippen LogP) is 3.54. The maximum Gasteiger partial charge on any atom is 0.182 e. The fourth-order valence-corrected chi connectivity index (χ4v) is 6.19. The normalized spacial score (nSPS) is 20.8. The van der Waals surface area contributed by atoms with Crippen molar-refractivity contribution in [3.8, 4) is 17.0 Å². The average Bonchev–Trinajstić information content (AvgIpc) is 3.52. The van der Waals surface area contributed by atoms with Gasteiger partial charge >= 0.3 is 0 Å². The summed E-state index contributed by atoms with van der Waals surface area (Å²) >= 11 is 8.01. The van der Waals surface area contributed by atoms with Crippen LogP contribution in [0.3, 0.4) is 0 Å². The van der Waals surface area contributed by atoms with Gasteiger partial charge in [-0.2, -0.15) is 0 Å². The first kappa shape index (κ1) is 19.9. The smallest absolute Gasteiger partial charge is 0.182 e. The Morgan fingerprint density at radius 2 is 2.12 bits per heavy atom. The zero-order chi connectivity index (χ0) is 22.2. The lowest BCUT2D eigenvalue weighted by Crippen LogP contribution is -2.45. The highest BCUT2D eigenvalue weighted by atomic mass is 35.5. The standard InChI is InChI=1S/C23H19ClN4O4S/c24-12-3-11-4-17(21-14-7-25-2-1-15(14)28-32-21)31-20(11)13(5-12)19-22-16(26-10-27-19)6-18(33-22)23(29)8-30-9-23/h3,5-6,10,17,25,29H,1-2,4,7-9H2/t17-/m1/s1. The number of aromatic nitrogens is 3. The van der Waals surface area contributed by atoms with Crippen LogP contribution in [0, 0.1) is 0 Å². The number of fused-ring (bicyclic) bond motifs is 3. The number of thiophene rings is 1. The molecule has 3 aliphatic rings. The molecular weight excluding hydrogens is 464 g/mol. The number of ether oxygens (including phenoxy) is 2. The van der Waals surface area contributed by atoms with Gasteiger partial charge in [0.25, 0.3) is 0 Å². The van der Waals surface area contributed by atoms with Gasteiger partial charge in [0.1, 0.15) is 17.7 Å². The maximum atomic E-state index is 10.8. The Morgan fingerprint density at radius 1 is 1.21 bits per heavy atom. The first-order chi connectivity index (χ1) is 16.1. The highest BCUT2D eigenvalue weighted by molar-refractivity contribution is 7.19. The number of rotatable bonds is 3. The van der Waals surface area contributed by atoms with Gasteiger partial charge in [-0.05, 0) is 18.2 Å². The molecule has 7 rings (SSSR count). The summed E-state index contributed by atoms with van der Waals surface area (Å²) in [5.41, 5.74) is 4.47. The SMILES string of the molecule is OC1(c2cc3ncnc(-c4cc(Cl)cc5c4O[C@@H](c4onc6c4CNCC6)C5)c3s2)COC1. The van der Waals surface area contributed by atoms with Gasteiger partial charge in [0.05, 0.1) is 34.8 Å². The lowest BCUT2D eigenvalue weighted by Gasteiger charge is -2.35. The van der Waals surface area contributed by atoms with Crippen molar-refractivity contribution >= 4 is 33.2 Å². The molecule has 3 aromatic heterocycles. The van der Waals surface area contributed by atoms with Gasteiger partial charge in [-0.1, -0.05) is 16.8 Å². The molecule has 33 heavy (non-hydrogen) atoms. The van der Waals surface area contributed by atoms with Crippen LogP contribution in [0.25, 0.3) is 21.5 Å². The predicted molar refractivity (Wildman–Crippen MR) is 122 cm³/mol. The highest BCUT2D eigenvalue weighted by Crippen LogP contribution is 2.48. The molecule has 0 aliphatic carbocycles. The van der Waals surface area contributed by atoms with Crippen LogP contribution < -0.4 is 10.1 Å². The van der Waals surface area contributed by atoms with Crippen LogP contribution in [0.1, 0.15) is 33.6 Å². The molecule has 168 valence electrons. The van der Waals surface area contributed by atoms with E-state index < -0.39 is 5.60 Å². The van der Waals surface area contributed by atoms with Crippen molar-refractivity contribution in [2.24, 2.45) is 0 Å². The van der Waals surface area contributed by atoms with E-state index in [0.717, 1.165) is 74.2 Å². The first-order valence-corrected chi connectivity index (χ1v) is 12.0. The van der Waals surface area contributed by atoms with E-state index in [1.807, 2.05) is 18.2 Å². The van der Waals surface area contributed by atoms with Gasteiger partial charge in [-0.3, -0.25) is 0 Å². The second-order valence-electron chi connectivity index (χ2n) is 8.72. The molecular formula is C23H19ClN4O4S. The van der Waals surface area contributed by atoms with Crippen LogP contribution in [0.4, 0.5) is 0 Å². The number of nitrogens with one attached hydrogen (secondary N) is 1. The third kappa shape index (κ3) is 3.04. The molecule has 10 heteroatoms. The van der Waals surface area contributed by atoms with Crippen molar-refractivity contribution in [3.63, 3.8) is 0 Å². The van der Waals surface area contributed by atoms with Crippen LogP contribution in [-0.4, -0.2) is 40.0 Å². The second kappa shape index (κ2) is 7.22. The number of hydrogen-bond acceptors (Lipinski definition) is 9. The van der Waals surface area contributed by atoms with Gasteiger partial charge in [-0.25, -0.2) is 9.97 Å². The molecule has 1 fully saturated rings. The molecule has 0 amide bonds. The fraction of sp³-hybridized carbons (Fsp3) is 0.348. The molecule has 4 aromatic rings. The number of aliphatic hydroxyl groups is 1. The van der Waals surface area contributed by atoms with E-state index in [-0.39, 0.29) is 19.3 Å². The van der Waals surface area contributed by atoms with Crippen molar-refractivity contribution in [3.05, 3.63) is 57.0 Å². The Morgan fingerprint density at radius 3 is 2.97 bits per heavy atom. The molecule has 0 radical (unpaired) electrons. The number of nitrogens with zero attached hydrogens (tertiary/aromatic N) is 3. The largest absolute Gasteiger partial charge is 0.481 e. The van der Waals surface area contributed by atoms with E-state index in [0.29, 0.717) is 11.4 Å². The average molecular weight is 483 g/mol. The minimum absolute atomic E-state index is 0.266. The summed E-state index contributed by atoms with van der Waals surface area (Å²) in [5.74, 6) is 1.52. The van der Waals surface area contributed by atoms with Crippen molar-refractivity contribution in [2.75, 3.05) is 19.8 Å². The van der Waals surface area contributed by atoms with E-state index in [1.165, 1.54) is 17.7 Å². The van der Waals surface area contributed by atoms with Crippen LogP contribution >= 0.6 is 22.9 Å². The van der Waals surface area contributed by atoms with E-state index in [2.05, 4.69) is 20.4 Å². The van der Waals surface area contributed by atoms with Crippen LogP contribution in [0.15, 0.2) is 29.0 Å². The van der Waals surface area contributed by atoms with Crippen LogP contribution in [0.5, 0.6) is 5.75 Å². The van der Waals surface area contributed by atoms with Gasteiger partial charge in [0.2, 0.25) is 0 Å². The quantitative estimate of drug-likeness (QED) is 0.457. The maximum absolute atomic E-state index is 10.8. The number of benzene rings is 1. The molecule has 0 spiro atoms. The van der Waals surface area contributed by atoms with Gasteiger partial charge in [0.15, 0.2) is 11.9 Å².